The summed E-state index contributed by atoms with van der Waals surface area (Å²) in [7, 11) is 3.48. The van der Waals surface area contributed by atoms with E-state index < -0.39 is 0 Å². The highest BCUT2D eigenvalue weighted by Gasteiger charge is 2.20. The number of benzene rings is 1. The van der Waals surface area contributed by atoms with Gasteiger partial charge < -0.3 is 19.0 Å². The average Bonchev–Trinajstić information content (AvgIpc) is 3.21. The molecule has 1 aromatic carbocycles. The van der Waals surface area contributed by atoms with E-state index in [0.29, 0.717) is 11.0 Å². The van der Waals surface area contributed by atoms with Crippen molar-refractivity contribution in [2.45, 2.75) is 24.3 Å². The first-order valence-electron chi connectivity index (χ1n) is 8.05. The molecule has 3 aromatic rings. The van der Waals surface area contributed by atoms with E-state index >= 15 is 0 Å². The number of carbonyl (C=O) groups is 1. The van der Waals surface area contributed by atoms with Crippen molar-refractivity contribution >= 4 is 23.4 Å². The van der Waals surface area contributed by atoms with Crippen molar-refractivity contribution < 1.29 is 13.9 Å². The smallest absolute Gasteiger partial charge is 0.237 e. The van der Waals surface area contributed by atoms with E-state index in [0.717, 1.165) is 22.8 Å². The van der Waals surface area contributed by atoms with Crippen LogP contribution in [0.3, 0.4) is 0 Å². The van der Waals surface area contributed by atoms with E-state index in [-0.39, 0.29) is 11.2 Å². The Morgan fingerprint density at radius 3 is 2.62 bits per heavy atom. The molecule has 2 aromatic heterocycles. The van der Waals surface area contributed by atoms with Gasteiger partial charge in [-0.3, -0.25) is 4.79 Å². The second kappa shape index (κ2) is 7.65. The lowest BCUT2D eigenvalue weighted by atomic mass is 10.2. The van der Waals surface area contributed by atoms with Crippen LogP contribution in [0.5, 0.6) is 5.75 Å². The summed E-state index contributed by atoms with van der Waals surface area (Å²) in [5, 5.41) is 11.6. The largest absolute Gasteiger partial charge is 0.497 e. The van der Waals surface area contributed by atoms with Crippen molar-refractivity contribution in [2.24, 2.45) is 7.05 Å². The molecule has 3 rings (SSSR count). The maximum Gasteiger partial charge on any atom is 0.237 e. The number of thioether (sulfide) groups is 1. The van der Waals surface area contributed by atoms with Gasteiger partial charge in [-0.25, -0.2) is 0 Å². The third-order valence-corrected chi connectivity index (χ3v) is 5.08. The zero-order valence-corrected chi connectivity index (χ0v) is 15.8. The molecule has 26 heavy (non-hydrogen) atoms. The summed E-state index contributed by atoms with van der Waals surface area (Å²) in [5.41, 5.74) is 1.61. The Bertz CT molecular complexity index is 902. The Kier molecular flexibility index (Phi) is 5.32. The van der Waals surface area contributed by atoms with Crippen LogP contribution in [0.1, 0.15) is 12.7 Å². The quantitative estimate of drug-likeness (QED) is 0.667. The lowest BCUT2D eigenvalue weighted by Crippen LogP contribution is -2.22. The summed E-state index contributed by atoms with van der Waals surface area (Å²) in [6.45, 7) is 3.71. The van der Waals surface area contributed by atoms with Gasteiger partial charge in [-0.1, -0.05) is 11.8 Å². The minimum Gasteiger partial charge on any atom is -0.497 e. The maximum absolute atomic E-state index is 12.4. The second-order valence-corrected chi connectivity index (χ2v) is 7.04. The van der Waals surface area contributed by atoms with Crippen LogP contribution in [0.25, 0.3) is 11.4 Å². The number of anilines is 1. The molecule has 8 heteroatoms. The van der Waals surface area contributed by atoms with Crippen LogP contribution in [-0.4, -0.2) is 33.0 Å². The molecule has 2 heterocycles. The number of amides is 1. The van der Waals surface area contributed by atoms with Crippen molar-refractivity contribution in [1.29, 1.82) is 0 Å². The molecule has 7 nitrogen and oxygen atoms in total. The topological polar surface area (TPSA) is 82.2 Å². The first kappa shape index (κ1) is 18.1. The molecular weight excluding hydrogens is 352 g/mol. The molecule has 1 atom stereocenters. The molecule has 0 spiro atoms. The van der Waals surface area contributed by atoms with E-state index in [4.69, 9.17) is 9.15 Å². The summed E-state index contributed by atoms with van der Waals surface area (Å²) in [4.78, 5) is 12.4. The molecular formula is C18H20N4O3S. The Labute approximate surface area is 155 Å². The monoisotopic (exact) mass is 372 g/mol. The van der Waals surface area contributed by atoms with Gasteiger partial charge in [0.2, 0.25) is 5.91 Å². The number of aromatic nitrogens is 3. The van der Waals surface area contributed by atoms with E-state index in [1.165, 1.54) is 11.8 Å². The zero-order chi connectivity index (χ0) is 18.7. The lowest BCUT2D eigenvalue weighted by molar-refractivity contribution is -0.115. The van der Waals surface area contributed by atoms with Gasteiger partial charge in [0, 0.05) is 12.7 Å². The highest BCUT2D eigenvalue weighted by atomic mass is 32.2. The number of hydrogen-bond acceptors (Lipinski definition) is 6. The highest BCUT2D eigenvalue weighted by Crippen LogP contribution is 2.28. The van der Waals surface area contributed by atoms with Crippen molar-refractivity contribution in [1.82, 2.24) is 14.8 Å². The van der Waals surface area contributed by atoms with Crippen LogP contribution in [0.2, 0.25) is 0 Å². The van der Waals surface area contributed by atoms with E-state index in [1.54, 1.807) is 37.6 Å². The summed E-state index contributed by atoms with van der Waals surface area (Å²) in [5.74, 6) is 2.12. The Balaban J connectivity index is 1.67. The molecule has 0 aliphatic carbocycles. The van der Waals surface area contributed by atoms with Crippen LogP contribution in [0.15, 0.2) is 46.2 Å². The molecule has 1 N–H and O–H groups in total. The van der Waals surface area contributed by atoms with E-state index in [9.17, 15) is 4.79 Å². The number of ether oxygens (including phenoxy) is 1. The zero-order valence-electron chi connectivity index (χ0n) is 15.0. The summed E-state index contributed by atoms with van der Waals surface area (Å²) in [6, 6.07) is 9.06. The van der Waals surface area contributed by atoms with Gasteiger partial charge in [-0.15, -0.1) is 10.2 Å². The van der Waals surface area contributed by atoms with Gasteiger partial charge in [0.15, 0.2) is 11.0 Å². The van der Waals surface area contributed by atoms with E-state index in [2.05, 4.69) is 15.5 Å². The molecule has 0 aliphatic rings. The molecule has 0 fully saturated rings. The Morgan fingerprint density at radius 2 is 2.00 bits per heavy atom. The van der Waals surface area contributed by atoms with Crippen molar-refractivity contribution in [3.63, 3.8) is 0 Å². The first-order valence-corrected chi connectivity index (χ1v) is 8.93. The standard InChI is InChI=1S/C18H20N4O3S/c1-11-15(9-10-25-11)16-20-21-18(22(16)3)26-12(2)17(23)19-13-5-7-14(24-4)8-6-13/h5-10,12H,1-4H3,(H,19,23)/t12-/m0/s1. The molecule has 0 unspecified atom stereocenters. The normalized spacial score (nSPS) is 12.0. The van der Waals surface area contributed by atoms with Crippen LogP contribution in [0, 0.1) is 6.92 Å². The number of nitrogens with zero attached hydrogens (tertiary/aromatic N) is 3. The van der Waals surface area contributed by atoms with E-state index in [1.807, 2.05) is 31.5 Å². The number of furan rings is 1. The Hall–Kier alpha value is -2.74. The average molecular weight is 372 g/mol. The van der Waals surface area contributed by atoms with Crippen LogP contribution >= 0.6 is 11.8 Å². The second-order valence-electron chi connectivity index (χ2n) is 5.73. The fourth-order valence-corrected chi connectivity index (χ4v) is 3.21. The fourth-order valence-electron chi connectivity index (χ4n) is 2.40. The van der Waals surface area contributed by atoms with Gasteiger partial charge in [0.1, 0.15) is 11.5 Å². The first-order chi connectivity index (χ1) is 12.5. The van der Waals surface area contributed by atoms with Crippen molar-refractivity contribution in [2.75, 3.05) is 12.4 Å². The van der Waals surface area contributed by atoms with Gasteiger partial charge in [-0.05, 0) is 44.2 Å². The Morgan fingerprint density at radius 1 is 1.27 bits per heavy atom. The molecule has 0 radical (unpaired) electrons. The number of carbonyl (C=O) groups excluding carboxylic acids is 1. The van der Waals surface area contributed by atoms with Crippen LogP contribution < -0.4 is 10.1 Å². The molecule has 0 saturated carbocycles. The molecule has 0 bridgehead atoms. The molecule has 136 valence electrons. The summed E-state index contributed by atoms with van der Waals surface area (Å²) >= 11 is 1.35. The van der Waals surface area contributed by atoms with Crippen LogP contribution in [-0.2, 0) is 11.8 Å². The SMILES string of the molecule is COc1ccc(NC(=O)[C@H](C)Sc2nnc(-c3ccoc3C)n2C)cc1. The predicted molar refractivity (Wildman–Crippen MR) is 100 cm³/mol. The van der Waals surface area contributed by atoms with Gasteiger partial charge in [0.25, 0.3) is 0 Å². The van der Waals surface area contributed by atoms with Crippen molar-refractivity contribution in [3.8, 4) is 17.1 Å². The third-order valence-electron chi connectivity index (χ3n) is 3.94. The number of hydrogen-bond donors (Lipinski definition) is 1. The number of aryl methyl sites for hydroxylation is 1. The third kappa shape index (κ3) is 3.75. The molecule has 0 aliphatic heterocycles. The summed E-state index contributed by atoms with van der Waals surface area (Å²) in [6.07, 6.45) is 1.62. The fraction of sp³-hybridized carbons (Fsp3) is 0.278. The van der Waals surface area contributed by atoms with Crippen LogP contribution in [0.4, 0.5) is 5.69 Å². The minimum atomic E-state index is -0.335. The number of rotatable bonds is 6. The summed E-state index contributed by atoms with van der Waals surface area (Å²) < 4.78 is 12.3. The number of methoxy groups -OCH3 is 1. The number of nitrogens with one attached hydrogen (secondary N) is 1. The highest BCUT2D eigenvalue weighted by molar-refractivity contribution is 8.00. The molecule has 0 saturated heterocycles. The minimum absolute atomic E-state index is 0.107. The van der Waals surface area contributed by atoms with Gasteiger partial charge in [-0.2, -0.15) is 0 Å². The predicted octanol–water partition coefficient (Wildman–Crippen LogP) is 3.51. The maximum atomic E-state index is 12.4. The molecule has 1 amide bonds. The van der Waals surface area contributed by atoms with Gasteiger partial charge in [0.05, 0.1) is 24.2 Å². The van der Waals surface area contributed by atoms with Gasteiger partial charge >= 0.3 is 0 Å². The van der Waals surface area contributed by atoms with Crippen molar-refractivity contribution in [3.05, 3.63) is 42.4 Å². The lowest BCUT2D eigenvalue weighted by Gasteiger charge is -2.12.